The summed E-state index contributed by atoms with van der Waals surface area (Å²) < 4.78 is 0. The zero-order valence-corrected chi connectivity index (χ0v) is 11.0. The summed E-state index contributed by atoms with van der Waals surface area (Å²) in [5, 5.41) is 22.1. The summed E-state index contributed by atoms with van der Waals surface area (Å²) in [4.78, 5) is 0. The van der Waals surface area contributed by atoms with E-state index in [-0.39, 0.29) is 17.5 Å². The van der Waals surface area contributed by atoms with Gasteiger partial charge < -0.3 is 15.5 Å². The molecule has 0 aromatic heterocycles. The Morgan fingerprint density at radius 1 is 0.895 bits per heavy atom. The van der Waals surface area contributed by atoms with Gasteiger partial charge in [-0.2, -0.15) is 0 Å². The van der Waals surface area contributed by atoms with Crippen LogP contribution in [0.4, 0.5) is 0 Å². The topological polar surface area (TPSA) is 52.5 Å². The van der Waals surface area contributed by atoms with Gasteiger partial charge in [0.05, 0.1) is 0 Å². The number of aromatic hydroxyl groups is 2. The quantitative estimate of drug-likeness (QED) is 0.771. The van der Waals surface area contributed by atoms with E-state index in [1.165, 1.54) is 0 Å². The molecule has 0 heterocycles. The molecule has 3 heteroatoms. The molecule has 19 heavy (non-hydrogen) atoms. The van der Waals surface area contributed by atoms with Crippen LogP contribution in [0.15, 0.2) is 48.5 Å². The van der Waals surface area contributed by atoms with Crippen molar-refractivity contribution >= 4 is 0 Å². The molecule has 2 aromatic carbocycles. The van der Waals surface area contributed by atoms with Crippen molar-refractivity contribution in [3.8, 4) is 11.5 Å². The van der Waals surface area contributed by atoms with Crippen LogP contribution in [0.1, 0.15) is 24.1 Å². The molecule has 0 bridgehead atoms. The van der Waals surface area contributed by atoms with Crippen LogP contribution in [0.25, 0.3) is 0 Å². The molecule has 100 valence electrons. The van der Waals surface area contributed by atoms with E-state index in [4.69, 9.17) is 0 Å². The van der Waals surface area contributed by atoms with Crippen LogP contribution in [0.5, 0.6) is 11.5 Å². The molecule has 0 fully saturated rings. The van der Waals surface area contributed by atoms with E-state index in [9.17, 15) is 10.2 Å². The smallest absolute Gasteiger partial charge is 0.115 e. The van der Waals surface area contributed by atoms with Gasteiger partial charge in [0, 0.05) is 6.04 Å². The van der Waals surface area contributed by atoms with Gasteiger partial charge >= 0.3 is 0 Å². The van der Waals surface area contributed by atoms with E-state index in [0.29, 0.717) is 0 Å². The lowest BCUT2D eigenvalue weighted by Crippen LogP contribution is -2.22. The molecular formula is C16H19NO2. The molecule has 2 aromatic rings. The third-order valence-electron chi connectivity index (χ3n) is 3.12. The molecule has 1 atom stereocenters. The fraction of sp³-hybridized carbons (Fsp3) is 0.250. The molecule has 0 unspecified atom stereocenters. The molecular weight excluding hydrogens is 238 g/mol. The van der Waals surface area contributed by atoms with Crippen molar-refractivity contribution in [1.29, 1.82) is 0 Å². The maximum Gasteiger partial charge on any atom is 0.115 e. The van der Waals surface area contributed by atoms with E-state index < -0.39 is 0 Å². The van der Waals surface area contributed by atoms with Crippen LogP contribution < -0.4 is 5.32 Å². The van der Waals surface area contributed by atoms with Gasteiger partial charge in [-0.15, -0.1) is 0 Å². The predicted molar refractivity (Wildman–Crippen MR) is 76.3 cm³/mol. The minimum atomic E-state index is 0.204. The van der Waals surface area contributed by atoms with Crippen LogP contribution >= 0.6 is 0 Å². The van der Waals surface area contributed by atoms with Gasteiger partial charge in [-0.05, 0) is 48.4 Å². The largest absolute Gasteiger partial charge is 0.508 e. The number of likely N-dealkylation sites (N-methyl/N-ethyl adjacent to an activating group) is 1. The molecule has 3 nitrogen and oxygen atoms in total. The molecule has 0 aliphatic heterocycles. The zero-order valence-electron chi connectivity index (χ0n) is 11.0. The van der Waals surface area contributed by atoms with Gasteiger partial charge in [0.1, 0.15) is 11.5 Å². The first kappa shape index (κ1) is 13.4. The summed E-state index contributed by atoms with van der Waals surface area (Å²) in [6.45, 7) is 2.95. The molecule has 0 aliphatic rings. The summed E-state index contributed by atoms with van der Waals surface area (Å²) in [6.07, 6.45) is 0.846. The lowest BCUT2D eigenvalue weighted by molar-refractivity contribution is 0.472. The van der Waals surface area contributed by atoms with E-state index in [2.05, 4.69) is 12.2 Å². The van der Waals surface area contributed by atoms with E-state index in [1.54, 1.807) is 24.3 Å². The normalized spacial score (nSPS) is 12.3. The average molecular weight is 257 g/mol. The van der Waals surface area contributed by atoms with Crippen molar-refractivity contribution in [2.75, 3.05) is 6.54 Å². The third-order valence-corrected chi connectivity index (χ3v) is 3.12. The highest BCUT2D eigenvalue weighted by Gasteiger charge is 2.11. The molecule has 0 saturated carbocycles. The monoisotopic (exact) mass is 257 g/mol. The van der Waals surface area contributed by atoms with Crippen LogP contribution in [-0.4, -0.2) is 16.8 Å². The molecule has 0 aliphatic carbocycles. The van der Waals surface area contributed by atoms with Crippen LogP contribution in [0.2, 0.25) is 0 Å². The van der Waals surface area contributed by atoms with Crippen molar-refractivity contribution in [2.24, 2.45) is 0 Å². The summed E-state index contributed by atoms with van der Waals surface area (Å²) >= 11 is 0. The number of hydrogen-bond acceptors (Lipinski definition) is 3. The number of benzene rings is 2. The zero-order chi connectivity index (χ0) is 13.7. The minimum Gasteiger partial charge on any atom is -0.508 e. The molecule has 0 saturated heterocycles. The Bertz CT molecular complexity index is 505. The van der Waals surface area contributed by atoms with Crippen molar-refractivity contribution < 1.29 is 10.2 Å². The first-order valence-electron chi connectivity index (χ1n) is 6.49. The second-order valence-corrected chi connectivity index (χ2v) is 4.57. The Hall–Kier alpha value is -2.00. The highest BCUT2D eigenvalue weighted by molar-refractivity contribution is 5.31. The highest BCUT2D eigenvalue weighted by Crippen LogP contribution is 2.21. The van der Waals surface area contributed by atoms with E-state index in [1.807, 2.05) is 24.3 Å². The van der Waals surface area contributed by atoms with Gasteiger partial charge in [0.15, 0.2) is 0 Å². The van der Waals surface area contributed by atoms with E-state index in [0.717, 1.165) is 24.1 Å². The molecule has 0 spiro atoms. The number of phenols is 2. The second-order valence-electron chi connectivity index (χ2n) is 4.57. The van der Waals surface area contributed by atoms with Crippen molar-refractivity contribution in [3.63, 3.8) is 0 Å². The average Bonchev–Trinajstić information content (AvgIpc) is 2.42. The summed E-state index contributed by atoms with van der Waals surface area (Å²) in [5.41, 5.74) is 2.31. The van der Waals surface area contributed by atoms with E-state index >= 15 is 0 Å². The summed E-state index contributed by atoms with van der Waals surface area (Å²) in [5.74, 6) is 0.567. The Balaban J connectivity index is 2.15. The predicted octanol–water partition coefficient (Wildman–Crippen LogP) is 2.99. The summed E-state index contributed by atoms with van der Waals surface area (Å²) in [6, 6.07) is 14.7. The van der Waals surface area contributed by atoms with Crippen molar-refractivity contribution in [1.82, 2.24) is 5.32 Å². The highest BCUT2D eigenvalue weighted by atomic mass is 16.3. The Labute approximate surface area is 113 Å². The van der Waals surface area contributed by atoms with Gasteiger partial charge in [-0.1, -0.05) is 31.2 Å². The van der Waals surface area contributed by atoms with Gasteiger partial charge in [0.2, 0.25) is 0 Å². The number of hydrogen-bond donors (Lipinski definition) is 3. The fourth-order valence-corrected chi connectivity index (χ4v) is 2.13. The minimum absolute atomic E-state index is 0.204. The molecule has 0 amide bonds. The lowest BCUT2D eigenvalue weighted by atomic mass is 9.98. The number of phenolic OH excluding ortho intramolecular Hbond substituents is 2. The van der Waals surface area contributed by atoms with Crippen molar-refractivity contribution in [2.45, 2.75) is 19.4 Å². The lowest BCUT2D eigenvalue weighted by Gasteiger charge is -2.18. The third kappa shape index (κ3) is 3.73. The second kappa shape index (κ2) is 6.25. The Kier molecular flexibility index (Phi) is 4.42. The van der Waals surface area contributed by atoms with Gasteiger partial charge in [-0.3, -0.25) is 0 Å². The van der Waals surface area contributed by atoms with Crippen LogP contribution in [-0.2, 0) is 6.42 Å². The first-order valence-corrected chi connectivity index (χ1v) is 6.49. The van der Waals surface area contributed by atoms with Gasteiger partial charge in [0.25, 0.3) is 0 Å². The maximum absolute atomic E-state index is 9.34. The van der Waals surface area contributed by atoms with Crippen molar-refractivity contribution in [3.05, 3.63) is 59.7 Å². The Morgan fingerprint density at radius 2 is 1.42 bits per heavy atom. The molecule has 2 rings (SSSR count). The molecule has 0 radical (unpaired) electrons. The standard InChI is InChI=1S/C16H19NO2/c1-2-17-16(13-5-9-15(19)10-6-13)11-12-3-7-14(18)8-4-12/h3-10,16-19H,2,11H2,1H3/t16-/m0/s1. The summed E-state index contributed by atoms with van der Waals surface area (Å²) in [7, 11) is 0. The fourth-order valence-electron chi connectivity index (χ4n) is 2.13. The first-order chi connectivity index (χ1) is 9.19. The molecule has 3 N–H and O–H groups in total. The van der Waals surface area contributed by atoms with Crippen LogP contribution in [0, 0.1) is 0 Å². The maximum atomic E-state index is 9.34. The number of rotatable bonds is 5. The Morgan fingerprint density at radius 3 is 1.95 bits per heavy atom. The SMILES string of the molecule is CCN[C@@H](Cc1ccc(O)cc1)c1ccc(O)cc1. The van der Waals surface area contributed by atoms with Crippen LogP contribution in [0.3, 0.4) is 0 Å². The van der Waals surface area contributed by atoms with Gasteiger partial charge in [-0.25, -0.2) is 0 Å². The number of nitrogens with one attached hydrogen (secondary N) is 1.